The first kappa shape index (κ1) is 18.6. The van der Waals surface area contributed by atoms with Gasteiger partial charge in [-0.1, -0.05) is 24.3 Å². The molecular formula is C22H26N3O3+. The molecule has 28 heavy (non-hydrogen) atoms. The van der Waals surface area contributed by atoms with Gasteiger partial charge in [0.05, 0.1) is 23.9 Å². The number of nitrogens with one attached hydrogen (secondary N) is 1. The number of carbonyl (C=O) groups excluding carboxylic acids is 1. The molecule has 2 heterocycles. The van der Waals surface area contributed by atoms with Gasteiger partial charge in [0.2, 0.25) is 5.91 Å². The molecule has 0 aromatic heterocycles. The Morgan fingerprint density at radius 2 is 1.89 bits per heavy atom. The number of non-ortho nitro benzene ring substituents is 1. The molecule has 0 saturated carbocycles. The number of rotatable bonds is 4. The Balaban J connectivity index is 1.37. The number of fused-ring (bicyclic) bond motifs is 1. The summed E-state index contributed by atoms with van der Waals surface area (Å²) < 4.78 is 0. The van der Waals surface area contributed by atoms with Crippen LogP contribution in [0, 0.1) is 16.0 Å². The number of piperidine rings is 1. The van der Waals surface area contributed by atoms with Crippen molar-refractivity contribution < 1.29 is 14.6 Å². The van der Waals surface area contributed by atoms with Crippen molar-refractivity contribution >= 4 is 11.6 Å². The Morgan fingerprint density at radius 3 is 2.64 bits per heavy atom. The average molecular weight is 380 g/mol. The van der Waals surface area contributed by atoms with E-state index in [1.165, 1.54) is 16.0 Å². The Morgan fingerprint density at radius 1 is 1.14 bits per heavy atom. The van der Waals surface area contributed by atoms with Gasteiger partial charge >= 0.3 is 0 Å². The maximum Gasteiger partial charge on any atom is 0.269 e. The molecule has 0 bridgehead atoms. The number of benzene rings is 2. The summed E-state index contributed by atoms with van der Waals surface area (Å²) >= 11 is 0. The van der Waals surface area contributed by atoms with E-state index in [1.807, 2.05) is 23.1 Å². The van der Waals surface area contributed by atoms with Crippen LogP contribution in [0.5, 0.6) is 0 Å². The third-order valence-corrected chi connectivity index (χ3v) is 6.01. The van der Waals surface area contributed by atoms with E-state index in [1.54, 1.807) is 12.1 Å². The lowest BCUT2D eigenvalue weighted by Gasteiger charge is -2.35. The van der Waals surface area contributed by atoms with Crippen LogP contribution in [0.4, 0.5) is 5.69 Å². The van der Waals surface area contributed by atoms with Gasteiger partial charge in [0.15, 0.2) is 0 Å². The molecule has 0 radical (unpaired) electrons. The summed E-state index contributed by atoms with van der Waals surface area (Å²) in [5.41, 5.74) is 3.84. The number of quaternary nitrogens is 1. The first-order valence-corrected chi connectivity index (χ1v) is 10.0. The summed E-state index contributed by atoms with van der Waals surface area (Å²) in [6.07, 6.45) is 2.94. The minimum Gasteiger partial charge on any atom is -0.338 e. The van der Waals surface area contributed by atoms with Gasteiger partial charge in [-0.2, -0.15) is 0 Å². The monoisotopic (exact) mass is 380 g/mol. The summed E-state index contributed by atoms with van der Waals surface area (Å²) in [6.45, 7) is 4.23. The Labute approximate surface area is 164 Å². The van der Waals surface area contributed by atoms with Crippen LogP contribution in [0.2, 0.25) is 0 Å². The molecule has 1 amide bonds. The Hall–Kier alpha value is -2.73. The summed E-state index contributed by atoms with van der Waals surface area (Å²) in [6, 6.07) is 15.2. The normalized spacial score (nSPS) is 21.8. The largest absolute Gasteiger partial charge is 0.338 e. The van der Waals surface area contributed by atoms with Crippen LogP contribution in [0.1, 0.15) is 29.5 Å². The second kappa shape index (κ2) is 8.10. The molecule has 1 fully saturated rings. The predicted octanol–water partition coefficient (Wildman–Crippen LogP) is 1.97. The van der Waals surface area contributed by atoms with Gasteiger partial charge in [-0.15, -0.1) is 0 Å². The number of hydrogen-bond donors (Lipinski definition) is 1. The molecule has 2 aliphatic heterocycles. The van der Waals surface area contributed by atoms with Crippen LogP contribution in [0.15, 0.2) is 48.5 Å². The van der Waals surface area contributed by atoms with Crippen LogP contribution in [0.25, 0.3) is 0 Å². The number of hydrogen-bond acceptors (Lipinski definition) is 3. The van der Waals surface area contributed by atoms with Crippen molar-refractivity contribution in [1.82, 2.24) is 4.90 Å². The third kappa shape index (κ3) is 4.07. The fraction of sp³-hybridized carbons (Fsp3) is 0.409. The standard InChI is InChI=1S/C22H25N3O3/c26-22(24-13-11-18-4-1-2-5-19(18)16-24)20-6-3-12-23(15-20)14-17-7-9-21(10-8-17)25(27)28/h1-2,4-5,7-10,20H,3,6,11-16H2/p+1. The maximum atomic E-state index is 13.1. The van der Waals surface area contributed by atoms with Crippen molar-refractivity contribution in [3.8, 4) is 0 Å². The van der Waals surface area contributed by atoms with Crippen LogP contribution in [0.3, 0.4) is 0 Å². The molecule has 4 rings (SSSR count). The van der Waals surface area contributed by atoms with Crippen molar-refractivity contribution in [1.29, 1.82) is 0 Å². The van der Waals surface area contributed by atoms with Crippen LogP contribution in [-0.2, 0) is 24.3 Å². The lowest BCUT2D eigenvalue weighted by Crippen LogP contribution is -3.12. The fourth-order valence-corrected chi connectivity index (χ4v) is 4.49. The van der Waals surface area contributed by atoms with Gasteiger partial charge in [-0.25, -0.2) is 0 Å². The molecule has 2 aromatic rings. The number of nitro benzene ring substituents is 1. The number of nitrogens with zero attached hydrogens (tertiary/aromatic N) is 2. The van der Waals surface area contributed by atoms with Gasteiger partial charge in [0.1, 0.15) is 6.54 Å². The predicted molar refractivity (Wildman–Crippen MR) is 106 cm³/mol. The van der Waals surface area contributed by atoms with E-state index in [0.717, 1.165) is 57.5 Å². The second-order valence-corrected chi connectivity index (χ2v) is 7.92. The van der Waals surface area contributed by atoms with Crippen molar-refractivity contribution in [3.63, 3.8) is 0 Å². The quantitative estimate of drug-likeness (QED) is 0.651. The van der Waals surface area contributed by atoms with E-state index in [0.29, 0.717) is 0 Å². The molecule has 2 unspecified atom stereocenters. The molecule has 2 aromatic carbocycles. The van der Waals surface area contributed by atoms with Gasteiger partial charge in [0.25, 0.3) is 5.69 Å². The first-order valence-electron chi connectivity index (χ1n) is 10.0. The van der Waals surface area contributed by atoms with Crippen molar-refractivity contribution in [2.75, 3.05) is 19.6 Å². The second-order valence-electron chi connectivity index (χ2n) is 7.92. The molecule has 0 spiro atoms. The molecule has 2 aliphatic rings. The summed E-state index contributed by atoms with van der Waals surface area (Å²) in [5.74, 6) is 0.363. The zero-order valence-electron chi connectivity index (χ0n) is 16.0. The van der Waals surface area contributed by atoms with E-state index in [4.69, 9.17) is 0 Å². The van der Waals surface area contributed by atoms with Crippen LogP contribution >= 0.6 is 0 Å². The van der Waals surface area contributed by atoms with E-state index in [-0.39, 0.29) is 22.4 Å². The third-order valence-electron chi connectivity index (χ3n) is 6.01. The maximum absolute atomic E-state index is 13.1. The average Bonchev–Trinajstić information content (AvgIpc) is 2.73. The van der Waals surface area contributed by atoms with E-state index >= 15 is 0 Å². The lowest BCUT2D eigenvalue weighted by molar-refractivity contribution is -0.921. The number of carbonyl (C=O) groups is 1. The highest BCUT2D eigenvalue weighted by Gasteiger charge is 2.33. The van der Waals surface area contributed by atoms with E-state index in [2.05, 4.69) is 18.2 Å². The highest BCUT2D eigenvalue weighted by atomic mass is 16.6. The van der Waals surface area contributed by atoms with Gasteiger partial charge in [-0.3, -0.25) is 14.9 Å². The number of amides is 1. The zero-order chi connectivity index (χ0) is 19.5. The number of likely N-dealkylation sites (tertiary alicyclic amines) is 1. The SMILES string of the molecule is O=C(C1CCC[NH+](Cc2ccc([N+](=O)[O-])cc2)C1)N1CCc2ccccc2C1. The van der Waals surface area contributed by atoms with Crippen molar-refractivity contribution in [2.45, 2.75) is 32.4 Å². The molecule has 6 nitrogen and oxygen atoms in total. The lowest BCUT2D eigenvalue weighted by atomic mass is 9.93. The smallest absolute Gasteiger partial charge is 0.269 e. The summed E-state index contributed by atoms with van der Waals surface area (Å²) in [5, 5.41) is 10.8. The van der Waals surface area contributed by atoms with Crippen molar-refractivity contribution in [2.24, 2.45) is 5.92 Å². The Kier molecular flexibility index (Phi) is 5.39. The molecule has 2 atom stereocenters. The first-order chi connectivity index (χ1) is 13.6. The highest BCUT2D eigenvalue weighted by molar-refractivity contribution is 5.79. The molecule has 1 saturated heterocycles. The minimum atomic E-state index is -0.372. The Bertz CT molecular complexity index is 866. The van der Waals surface area contributed by atoms with E-state index < -0.39 is 0 Å². The molecule has 1 N–H and O–H groups in total. The zero-order valence-corrected chi connectivity index (χ0v) is 16.0. The fourth-order valence-electron chi connectivity index (χ4n) is 4.49. The minimum absolute atomic E-state index is 0.0760. The summed E-state index contributed by atoms with van der Waals surface area (Å²) in [4.78, 5) is 27.0. The topological polar surface area (TPSA) is 67.9 Å². The molecule has 146 valence electrons. The molecule has 0 aliphatic carbocycles. The summed E-state index contributed by atoms with van der Waals surface area (Å²) in [7, 11) is 0. The molecular weight excluding hydrogens is 354 g/mol. The van der Waals surface area contributed by atoms with Gasteiger partial charge in [0, 0.05) is 30.8 Å². The number of nitro groups is 1. The molecule has 6 heteroatoms. The highest BCUT2D eigenvalue weighted by Crippen LogP contribution is 2.21. The van der Waals surface area contributed by atoms with E-state index in [9.17, 15) is 14.9 Å². The van der Waals surface area contributed by atoms with Crippen LogP contribution in [-0.4, -0.2) is 35.4 Å². The van der Waals surface area contributed by atoms with Crippen LogP contribution < -0.4 is 4.90 Å². The van der Waals surface area contributed by atoms with Crippen molar-refractivity contribution in [3.05, 3.63) is 75.3 Å². The van der Waals surface area contributed by atoms with Gasteiger partial charge < -0.3 is 9.80 Å². The van der Waals surface area contributed by atoms with Gasteiger partial charge in [-0.05, 0) is 42.5 Å².